The first kappa shape index (κ1) is 13.0. The van der Waals surface area contributed by atoms with Crippen LogP contribution >= 0.6 is 0 Å². The molecule has 1 atom stereocenters. The van der Waals surface area contributed by atoms with Crippen molar-refractivity contribution in [2.75, 3.05) is 6.54 Å². The molecule has 0 saturated carbocycles. The fraction of sp³-hybridized carbons (Fsp3) is 0.889. The highest BCUT2D eigenvalue weighted by molar-refractivity contribution is 5.66. The summed E-state index contributed by atoms with van der Waals surface area (Å²) < 4.78 is 0. The zero-order valence-electron chi connectivity index (χ0n) is 8.53. The minimum Gasteiger partial charge on any atom is -0.481 e. The van der Waals surface area contributed by atoms with Crippen molar-refractivity contribution in [1.82, 2.24) is 5.32 Å². The molecule has 0 rings (SSSR count). The van der Waals surface area contributed by atoms with E-state index >= 15 is 0 Å². The Balaban J connectivity index is 3.42. The van der Waals surface area contributed by atoms with E-state index in [0.717, 1.165) is 19.3 Å². The van der Waals surface area contributed by atoms with Crippen LogP contribution < -0.4 is 5.32 Å². The van der Waals surface area contributed by atoms with Gasteiger partial charge in [0.15, 0.2) is 0 Å². The van der Waals surface area contributed by atoms with Crippen LogP contribution in [-0.2, 0) is 4.79 Å². The van der Waals surface area contributed by atoms with Gasteiger partial charge in [-0.15, -0.1) is 4.91 Å². The van der Waals surface area contributed by atoms with Crippen molar-refractivity contribution < 1.29 is 9.90 Å². The summed E-state index contributed by atoms with van der Waals surface area (Å²) in [6.45, 7) is 2.58. The van der Waals surface area contributed by atoms with Crippen LogP contribution in [0.2, 0.25) is 0 Å². The molecule has 0 amide bonds. The molecule has 0 spiro atoms. The van der Waals surface area contributed by atoms with Gasteiger partial charge in [0.2, 0.25) is 0 Å². The molecular formula is C9H18N2O3. The maximum atomic E-state index is 10.3. The monoisotopic (exact) mass is 202 g/mol. The van der Waals surface area contributed by atoms with Gasteiger partial charge in [-0.1, -0.05) is 24.9 Å². The maximum Gasteiger partial charge on any atom is 0.303 e. The number of nitrogens with one attached hydrogen (secondary N) is 1. The van der Waals surface area contributed by atoms with Crippen LogP contribution in [0.1, 0.15) is 39.0 Å². The van der Waals surface area contributed by atoms with Crippen molar-refractivity contribution >= 4 is 5.97 Å². The minimum absolute atomic E-state index is 0.131. The van der Waals surface area contributed by atoms with Crippen molar-refractivity contribution in [3.8, 4) is 0 Å². The SMILES string of the molecule is CCCCC(N=O)NCCCC(=O)O. The predicted octanol–water partition coefficient (Wildman–Crippen LogP) is 1.72. The lowest BCUT2D eigenvalue weighted by molar-refractivity contribution is -0.137. The Morgan fingerprint density at radius 1 is 1.50 bits per heavy atom. The highest BCUT2D eigenvalue weighted by Crippen LogP contribution is 2.01. The van der Waals surface area contributed by atoms with Gasteiger partial charge in [-0.3, -0.25) is 10.1 Å². The number of nitroso groups, excluding NO2 is 1. The van der Waals surface area contributed by atoms with Crippen LogP contribution in [0.25, 0.3) is 0 Å². The quantitative estimate of drug-likeness (QED) is 0.441. The first-order chi connectivity index (χ1) is 6.70. The van der Waals surface area contributed by atoms with Crippen LogP contribution in [0, 0.1) is 4.91 Å². The molecule has 0 bridgehead atoms. The normalized spacial score (nSPS) is 12.4. The Hall–Kier alpha value is -0.970. The van der Waals surface area contributed by atoms with Gasteiger partial charge in [-0.25, -0.2) is 0 Å². The number of rotatable bonds is 9. The topological polar surface area (TPSA) is 78.8 Å². The van der Waals surface area contributed by atoms with Crippen LogP contribution in [-0.4, -0.2) is 23.8 Å². The Morgan fingerprint density at radius 2 is 2.21 bits per heavy atom. The lowest BCUT2D eigenvalue weighted by Gasteiger charge is -2.09. The van der Waals surface area contributed by atoms with Gasteiger partial charge < -0.3 is 5.11 Å². The molecule has 0 aromatic carbocycles. The molecule has 5 heteroatoms. The molecule has 0 aliphatic rings. The third-order valence-electron chi connectivity index (χ3n) is 1.91. The van der Waals surface area contributed by atoms with Crippen molar-refractivity contribution in [3.63, 3.8) is 0 Å². The first-order valence-corrected chi connectivity index (χ1v) is 4.98. The van der Waals surface area contributed by atoms with Gasteiger partial charge in [0, 0.05) is 6.42 Å². The van der Waals surface area contributed by atoms with E-state index in [9.17, 15) is 9.70 Å². The summed E-state index contributed by atoms with van der Waals surface area (Å²) in [5, 5.41) is 14.2. The second kappa shape index (κ2) is 8.62. The lowest BCUT2D eigenvalue weighted by Crippen LogP contribution is -2.28. The van der Waals surface area contributed by atoms with E-state index in [-0.39, 0.29) is 12.6 Å². The van der Waals surface area contributed by atoms with Crippen molar-refractivity contribution in [1.29, 1.82) is 0 Å². The van der Waals surface area contributed by atoms with Crippen molar-refractivity contribution in [2.45, 2.75) is 45.2 Å². The minimum atomic E-state index is -0.809. The largest absolute Gasteiger partial charge is 0.481 e. The van der Waals surface area contributed by atoms with Crippen molar-refractivity contribution in [2.24, 2.45) is 5.18 Å². The molecule has 0 aromatic rings. The van der Waals surface area contributed by atoms with Gasteiger partial charge in [-0.2, -0.15) is 0 Å². The molecule has 0 fully saturated rings. The molecular weight excluding hydrogens is 184 g/mol. The van der Waals surface area contributed by atoms with Gasteiger partial charge >= 0.3 is 5.97 Å². The number of carbonyl (C=O) groups is 1. The molecule has 0 aliphatic carbocycles. The third kappa shape index (κ3) is 7.67. The summed E-state index contributed by atoms with van der Waals surface area (Å²) in [7, 11) is 0. The van der Waals surface area contributed by atoms with Crippen LogP contribution in [0.3, 0.4) is 0 Å². The summed E-state index contributed by atoms with van der Waals surface area (Å²) in [5.74, 6) is -0.809. The Morgan fingerprint density at radius 3 is 2.71 bits per heavy atom. The molecule has 5 nitrogen and oxygen atoms in total. The van der Waals surface area contributed by atoms with Crippen LogP contribution in [0.5, 0.6) is 0 Å². The predicted molar refractivity (Wildman–Crippen MR) is 54.0 cm³/mol. The van der Waals surface area contributed by atoms with E-state index in [4.69, 9.17) is 5.11 Å². The van der Waals surface area contributed by atoms with Gasteiger partial charge in [0.25, 0.3) is 0 Å². The molecule has 1 unspecified atom stereocenters. The Kier molecular flexibility index (Phi) is 8.02. The summed E-state index contributed by atoms with van der Waals surface area (Å²) in [4.78, 5) is 20.5. The second-order valence-corrected chi connectivity index (χ2v) is 3.21. The molecule has 0 aliphatic heterocycles. The number of aliphatic carboxylic acids is 1. The van der Waals surface area contributed by atoms with Gasteiger partial charge in [0.05, 0.1) is 0 Å². The van der Waals surface area contributed by atoms with Gasteiger partial charge in [0.1, 0.15) is 6.17 Å². The molecule has 0 heterocycles. The Bertz CT molecular complexity index is 173. The van der Waals surface area contributed by atoms with Crippen LogP contribution in [0.4, 0.5) is 0 Å². The fourth-order valence-corrected chi connectivity index (χ4v) is 1.10. The zero-order chi connectivity index (χ0) is 10.8. The number of carboxylic acids is 1. The fourth-order valence-electron chi connectivity index (χ4n) is 1.10. The molecule has 2 N–H and O–H groups in total. The van der Waals surface area contributed by atoms with E-state index in [0.29, 0.717) is 13.0 Å². The van der Waals surface area contributed by atoms with E-state index < -0.39 is 5.97 Å². The standard InChI is InChI=1S/C9H18N2O3/c1-2-3-5-8(11-14)10-7-4-6-9(12)13/h8,10H,2-7H2,1H3,(H,12,13). The summed E-state index contributed by atoms with van der Waals surface area (Å²) >= 11 is 0. The smallest absolute Gasteiger partial charge is 0.303 e. The molecule has 0 aromatic heterocycles. The van der Waals surface area contributed by atoms with E-state index in [1.54, 1.807) is 0 Å². The maximum absolute atomic E-state index is 10.3. The van der Waals surface area contributed by atoms with Crippen molar-refractivity contribution in [3.05, 3.63) is 4.91 Å². The average Bonchev–Trinajstić information content (AvgIpc) is 2.16. The van der Waals surface area contributed by atoms with E-state index in [1.807, 2.05) is 6.92 Å². The highest BCUT2D eigenvalue weighted by Gasteiger charge is 2.06. The number of hydrogen-bond donors (Lipinski definition) is 2. The number of hydrogen-bond acceptors (Lipinski definition) is 4. The Labute approximate surface area is 83.9 Å². The molecule has 14 heavy (non-hydrogen) atoms. The lowest BCUT2D eigenvalue weighted by atomic mass is 10.2. The zero-order valence-corrected chi connectivity index (χ0v) is 8.53. The molecule has 0 radical (unpaired) electrons. The molecule has 82 valence electrons. The van der Waals surface area contributed by atoms with Gasteiger partial charge in [-0.05, 0) is 19.4 Å². The molecule has 0 saturated heterocycles. The third-order valence-corrected chi connectivity index (χ3v) is 1.91. The number of nitrogens with zero attached hydrogens (tertiary/aromatic N) is 1. The summed E-state index contributed by atoms with van der Waals surface area (Å²) in [6, 6.07) is 0. The second-order valence-electron chi connectivity index (χ2n) is 3.21. The number of unbranched alkanes of at least 4 members (excludes halogenated alkanes) is 1. The first-order valence-electron chi connectivity index (χ1n) is 4.98. The summed E-state index contributed by atoms with van der Waals surface area (Å²) in [6.07, 6.45) is 3.03. The van der Waals surface area contributed by atoms with E-state index in [2.05, 4.69) is 10.5 Å². The average molecular weight is 202 g/mol. The summed E-state index contributed by atoms with van der Waals surface area (Å²) in [5.41, 5.74) is 0. The number of carboxylic acid groups (broad SMARTS) is 1. The van der Waals surface area contributed by atoms with E-state index in [1.165, 1.54) is 0 Å². The highest BCUT2D eigenvalue weighted by atomic mass is 16.4. The van der Waals surface area contributed by atoms with Crippen LogP contribution in [0.15, 0.2) is 5.18 Å².